The topological polar surface area (TPSA) is 49.8 Å². The zero-order valence-corrected chi connectivity index (χ0v) is 24.8. The first-order chi connectivity index (χ1) is 20.1. The summed E-state index contributed by atoms with van der Waals surface area (Å²) in [6.07, 6.45) is -4.66. The van der Waals surface area contributed by atoms with Crippen molar-refractivity contribution >= 4 is 5.97 Å². The summed E-state index contributed by atoms with van der Waals surface area (Å²) >= 11 is 0. The van der Waals surface area contributed by atoms with Crippen LogP contribution >= 0.6 is 0 Å². The molecule has 0 spiro atoms. The fraction of sp³-hybridized carbons (Fsp3) is 0.606. The molecule has 0 radical (unpaired) electrons. The van der Waals surface area contributed by atoms with Gasteiger partial charge >= 0.3 is 18.3 Å². The lowest BCUT2D eigenvalue weighted by Crippen LogP contribution is -2.35. The van der Waals surface area contributed by atoms with Gasteiger partial charge in [-0.05, 0) is 117 Å². The molecule has 2 saturated carbocycles. The Morgan fingerprint density at radius 3 is 2.28 bits per heavy atom. The summed E-state index contributed by atoms with van der Waals surface area (Å²) in [5.74, 6) is 0.0490. The van der Waals surface area contributed by atoms with Crippen LogP contribution in [0.15, 0.2) is 36.4 Å². The van der Waals surface area contributed by atoms with E-state index in [9.17, 15) is 36.2 Å². The van der Waals surface area contributed by atoms with Crippen molar-refractivity contribution in [1.29, 1.82) is 0 Å². The highest BCUT2D eigenvalue weighted by atomic mass is 19.4. The molecule has 7 atom stereocenters. The van der Waals surface area contributed by atoms with Crippen molar-refractivity contribution in [3.05, 3.63) is 64.2 Å². The Balaban J connectivity index is 1.33. The van der Waals surface area contributed by atoms with Gasteiger partial charge in [0, 0.05) is 12.1 Å². The highest BCUT2D eigenvalue weighted by molar-refractivity contribution is 5.71. The van der Waals surface area contributed by atoms with Crippen LogP contribution < -0.4 is 4.74 Å². The Hall–Kier alpha value is -2.75. The number of aliphatic carboxylic acids is 1. The Morgan fingerprint density at radius 1 is 0.977 bits per heavy atom. The van der Waals surface area contributed by atoms with Gasteiger partial charge in [-0.2, -0.15) is 26.3 Å². The number of carbonyl (C=O) groups is 1. The van der Waals surface area contributed by atoms with Crippen LogP contribution in [0.3, 0.4) is 0 Å². The standard InChI is InChI=1S/C33H39F6NO3/c1-17-13-24(40(4)19(3)26-15-23(32(34,35)36)10-11-27(26)33(37,38)39)16-25(17)28-12-9-20-5-8-22(14-29(20)43-28)30(21-6-7-21)18(2)31(41)42/h5,8,10-11,14-15,17-19,21,24-25,28,30H,6-7,9,12-13,16H2,1-4H3,(H,41,42)/t17?,18-,19-,24?,25?,28?,30?/m0/s1. The Kier molecular flexibility index (Phi) is 8.57. The van der Waals surface area contributed by atoms with Crippen molar-refractivity contribution < 1.29 is 41.0 Å². The van der Waals surface area contributed by atoms with E-state index < -0.39 is 41.4 Å². The Bertz CT molecular complexity index is 1340. The first-order valence-corrected chi connectivity index (χ1v) is 15.1. The summed E-state index contributed by atoms with van der Waals surface area (Å²) in [5.41, 5.74) is -0.466. The van der Waals surface area contributed by atoms with Gasteiger partial charge in [0.15, 0.2) is 0 Å². The van der Waals surface area contributed by atoms with E-state index in [1.165, 1.54) is 6.92 Å². The van der Waals surface area contributed by atoms with E-state index in [0.29, 0.717) is 37.0 Å². The lowest BCUT2D eigenvalue weighted by atomic mass is 9.82. The van der Waals surface area contributed by atoms with Gasteiger partial charge in [-0.1, -0.05) is 26.0 Å². The van der Waals surface area contributed by atoms with E-state index in [4.69, 9.17) is 4.74 Å². The maximum atomic E-state index is 13.8. The van der Waals surface area contributed by atoms with E-state index in [0.717, 1.165) is 42.6 Å². The number of rotatable bonds is 8. The van der Waals surface area contributed by atoms with Crippen LogP contribution in [0.2, 0.25) is 0 Å². The zero-order valence-electron chi connectivity index (χ0n) is 24.8. The molecule has 0 saturated heterocycles. The summed E-state index contributed by atoms with van der Waals surface area (Å²) in [6.45, 7) is 5.39. The minimum Gasteiger partial charge on any atom is -0.490 e. The SMILES string of the molecule is CC1CC(N(C)[C@@H](C)c2cc(C(F)(F)F)ccc2C(F)(F)F)CC1C1CCc2ccc(C(C3CC3)[C@H](C)C(=O)O)cc2O1. The molecule has 0 bridgehead atoms. The molecular weight excluding hydrogens is 572 g/mol. The molecule has 5 rings (SSSR count). The number of benzene rings is 2. The average molecular weight is 612 g/mol. The second-order valence-corrected chi connectivity index (χ2v) is 13.0. The normalized spacial score (nSPS) is 26.5. The average Bonchev–Trinajstić information content (AvgIpc) is 3.70. The molecule has 1 heterocycles. The van der Waals surface area contributed by atoms with Crippen molar-refractivity contribution in [2.24, 2.45) is 23.7 Å². The predicted molar refractivity (Wildman–Crippen MR) is 150 cm³/mol. The summed E-state index contributed by atoms with van der Waals surface area (Å²) < 4.78 is 88.3. The number of nitrogens with zero attached hydrogens (tertiary/aromatic N) is 1. The second-order valence-electron chi connectivity index (χ2n) is 13.0. The molecule has 1 N–H and O–H groups in total. The monoisotopic (exact) mass is 611 g/mol. The van der Waals surface area contributed by atoms with Crippen LogP contribution in [-0.4, -0.2) is 35.2 Å². The van der Waals surface area contributed by atoms with Crippen LogP contribution in [0.5, 0.6) is 5.75 Å². The molecular formula is C33H39F6NO3. The van der Waals surface area contributed by atoms with Crippen molar-refractivity contribution in [3.63, 3.8) is 0 Å². The Morgan fingerprint density at radius 2 is 1.67 bits per heavy atom. The van der Waals surface area contributed by atoms with Gasteiger partial charge in [-0.3, -0.25) is 9.69 Å². The van der Waals surface area contributed by atoms with Crippen LogP contribution in [0.1, 0.15) is 92.7 Å². The summed E-state index contributed by atoms with van der Waals surface area (Å²) in [5, 5.41) is 9.69. The predicted octanol–water partition coefficient (Wildman–Crippen LogP) is 8.74. The fourth-order valence-electron chi connectivity index (χ4n) is 7.47. The minimum absolute atomic E-state index is 0.0749. The van der Waals surface area contributed by atoms with Gasteiger partial charge < -0.3 is 9.84 Å². The summed E-state index contributed by atoms with van der Waals surface area (Å²) in [4.78, 5) is 13.6. The molecule has 4 nitrogen and oxygen atoms in total. The van der Waals surface area contributed by atoms with E-state index in [2.05, 4.69) is 6.92 Å². The molecule has 2 aromatic rings. The highest BCUT2D eigenvalue weighted by Gasteiger charge is 2.44. The van der Waals surface area contributed by atoms with Crippen LogP contribution in [0.25, 0.3) is 0 Å². The van der Waals surface area contributed by atoms with Gasteiger partial charge in [-0.15, -0.1) is 0 Å². The van der Waals surface area contributed by atoms with E-state index in [1.807, 2.05) is 18.2 Å². The van der Waals surface area contributed by atoms with Gasteiger partial charge in [0.1, 0.15) is 11.9 Å². The fourth-order valence-corrected chi connectivity index (χ4v) is 7.47. The van der Waals surface area contributed by atoms with E-state index >= 15 is 0 Å². The smallest absolute Gasteiger partial charge is 0.416 e. The third-order valence-electron chi connectivity index (χ3n) is 10.2. The van der Waals surface area contributed by atoms with Crippen molar-refractivity contribution in [2.75, 3.05) is 7.05 Å². The number of hydrogen-bond donors (Lipinski definition) is 1. The number of halogens is 6. The number of alkyl halides is 6. The maximum Gasteiger partial charge on any atom is 0.416 e. The lowest BCUT2D eigenvalue weighted by molar-refractivity contribution is -0.142. The minimum atomic E-state index is -4.77. The Labute approximate surface area is 248 Å². The number of ether oxygens (including phenoxy) is 1. The quantitative estimate of drug-likeness (QED) is 0.303. The van der Waals surface area contributed by atoms with Crippen molar-refractivity contribution in [3.8, 4) is 5.75 Å². The molecule has 3 aliphatic rings. The molecule has 2 aliphatic carbocycles. The van der Waals surface area contributed by atoms with Crippen LogP contribution in [0, 0.1) is 23.7 Å². The largest absolute Gasteiger partial charge is 0.490 e. The lowest BCUT2D eigenvalue weighted by Gasteiger charge is -2.35. The number of hydrogen-bond acceptors (Lipinski definition) is 3. The van der Waals surface area contributed by atoms with Crippen molar-refractivity contribution in [2.45, 2.75) is 95.8 Å². The molecule has 2 fully saturated rings. The maximum absolute atomic E-state index is 13.8. The zero-order chi connectivity index (χ0) is 31.4. The molecule has 2 aromatic carbocycles. The van der Waals surface area contributed by atoms with Gasteiger partial charge in [0.2, 0.25) is 0 Å². The van der Waals surface area contributed by atoms with Gasteiger partial charge in [0.25, 0.3) is 0 Å². The van der Waals surface area contributed by atoms with E-state index in [1.54, 1.807) is 18.9 Å². The van der Waals surface area contributed by atoms with Crippen molar-refractivity contribution in [1.82, 2.24) is 4.90 Å². The molecule has 0 aromatic heterocycles. The molecule has 43 heavy (non-hydrogen) atoms. The highest BCUT2D eigenvalue weighted by Crippen LogP contribution is 2.49. The second kappa shape index (κ2) is 11.6. The molecule has 10 heteroatoms. The van der Waals surface area contributed by atoms with Gasteiger partial charge in [0.05, 0.1) is 17.0 Å². The van der Waals surface area contributed by atoms with E-state index in [-0.39, 0.29) is 35.5 Å². The van der Waals surface area contributed by atoms with Crippen LogP contribution in [-0.2, 0) is 23.6 Å². The van der Waals surface area contributed by atoms with Crippen LogP contribution in [0.4, 0.5) is 26.3 Å². The molecule has 236 valence electrons. The number of carboxylic acids is 1. The molecule has 0 amide bonds. The molecule has 5 unspecified atom stereocenters. The number of carboxylic acid groups (broad SMARTS) is 1. The third kappa shape index (κ3) is 6.54. The summed E-state index contributed by atoms with van der Waals surface area (Å²) in [6, 6.07) is 6.71. The number of fused-ring (bicyclic) bond motifs is 1. The third-order valence-corrected chi connectivity index (χ3v) is 10.2. The summed E-state index contributed by atoms with van der Waals surface area (Å²) in [7, 11) is 1.69. The number of aryl methyl sites for hydroxylation is 1. The van der Waals surface area contributed by atoms with Gasteiger partial charge in [-0.25, -0.2) is 0 Å². The molecule has 1 aliphatic heterocycles. The first-order valence-electron chi connectivity index (χ1n) is 15.1. The first kappa shape index (κ1) is 31.7.